The highest BCUT2D eigenvalue weighted by molar-refractivity contribution is 7.89. The van der Waals surface area contributed by atoms with Crippen LogP contribution in [0.3, 0.4) is 0 Å². The Morgan fingerprint density at radius 1 is 0.957 bits per heavy atom. The van der Waals surface area contributed by atoms with Crippen molar-refractivity contribution in [2.45, 2.75) is 18.7 Å². The quantitative estimate of drug-likeness (QED) is 0.781. The predicted molar refractivity (Wildman–Crippen MR) is 89.2 cm³/mol. The molecule has 23 heavy (non-hydrogen) atoms. The van der Waals surface area contributed by atoms with Crippen LogP contribution in [-0.2, 0) is 10.0 Å². The van der Waals surface area contributed by atoms with E-state index in [9.17, 15) is 8.42 Å². The molecule has 5 nitrogen and oxygen atoms in total. The van der Waals surface area contributed by atoms with Crippen molar-refractivity contribution in [2.24, 2.45) is 5.14 Å². The molecule has 0 amide bonds. The van der Waals surface area contributed by atoms with Gasteiger partial charge >= 0.3 is 0 Å². The standard InChI is InChI=1S/C10H9NO.C7H9NO2S/c1-8-7-10(11-12-8)9-5-3-2-4-6-9;1-6-2-4-7(5-3-6)11(8,9)10/h2-7H,1H3;2-5H,1H3,(H2,8,9,10). The molecule has 0 fully saturated rings. The fourth-order valence-corrected chi connectivity index (χ4v) is 2.35. The van der Waals surface area contributed by atoms with E-state index < -0.39 is 10.0 Å². The minimum absolute atomic E-state index is 0.156. The molecule has 2 N–H and O–H groups in total. The molecule has 0 saturated heterocycles. The molecule has 2 aromatic carbocycles. The van der Waals surface area contributed by atoms with Crippen molar-refractivity contribution in [1.82, 2.24) is 5.16 Å². The van der Waals surface area contributed by atoms with Crippen LogP contribution in [0.5, 0.6) is 0 Å². The highest BCUT2D eigenvalue weighted by Crippen LogP contribution is 2.17. The summed E-state index contributed by atoms with van der Waals surface area (Å²) in [5.74, 6) is 0.842. The average molecular weight is 330 g/mol. The van der Waals surface area contributed by atoms with Gasteiger partial charge in [0, 0.05) is 11.6 Å². The normalized spacial score (nSPS) is 10.7. The van der Waals surface area contributed by atoms with Crippen molar-refractivity contribution in [3.05, 3.63) is 72.0 Å². The first-order valence-electron chi connectivity index (χ1n) is 6.94. The monoisotopic (exact) mass is 330 g/mol. The predicted octanol–water partition coefficient (Wildman–Crippen LogP) is 3.29. The van der Waals surface area contributed by atoms with Gasteiger partial charge < -0.3 is 4.52 Å². The average Bonchev–Trinajstić information content (AvgIpc) is 2.95. The van der Waals surface area contributed by atoms with Crippen molar-refractivity contribution in [3.63, 3.8) is 0 Å². The van der Waals surface area contributed by atoms with E-state index in [0.29, 0.717) is 0 Å². The van der Waals surface area contributed by atoms with E-state index in [4.69, 9.17) is 9.66 Å². The number of hydrogen-bond acceptors (Lipinski definition) is 4. The van der Waals surface area contributed by atoms with E-state index >= 15 is 0 Å². The Morgan fingerprint density at radius 3 is 2.04 bits per heavy atom. The first-order valence-corrected chi connectivity index (χ1v) is 8.49. The molecule has 0 aliphatic rings. The van der Waals surface area contributed by atoms with Gasteiger partial charge in [0.2, 0.25) is 10.0 Å². The summed E-state index contributed by atoms with van der Waals surface area (Å²) in [5, 5.41) is 8.79. The minimum Gasteiger partial charge on any atom is -0.361 e. The first-order chi connectivity index (χ1) is 10.9. The summed E-state index contributed by atoms with van der Waals surface area (Å²) in [6.45, 7) is 3.77. The molecule has 0 saturated carbocycles. The molecular formula is C17H18N2O3S. The largest absolute Gasteiger partial charge is 0.361 e. The van der Waals surface area contributed by atoms with E-state index in [1.54, 1.807) is 12.1 Å². The van der Waals surface area contributed by atoms with Gasteiger partial charge in [-0.25, -0.2) is 13.6 Å². The summed E-state index contributed by atoms with van der Waals surface area (Å²) in [7, 11) is -3.52. The fraction of sp³-hybridized carbons (Fsp3) is 0.118. The van der Waals surface area contributed by atoms with Crippen LogP contribution >= 0.6 is 0 Å². The lowest BCUT2D eigenvalue weighted by Crippen LogP contribution is -2.11. The number of hydrogen-bond donors (Lipinski definition) is 1. The maximum atomic E-state index is 10.7. The third-order valence-corrected chi connectivity index (χ3v) is 3.98. The Bertz CT molecular complexity index is 854. The second kappa shape index (κ2) is 7.21. The number of nitrogens with zero attached hydrogens (tertiary/aromatic N) is 1. The van der Waals surface area contributed by atoms with Crippen LogP contribution < -0.4 is 5.14 Å². The van der Waals surface area contributed by atoms with Crippen LogP contribution in [0.15, 0.2) is 70.1 Å². The molecule has 0 bridgehead atoms. The summed E-state index contributed by atoms with van der Waals surface area (Å²) in [5.41, 5.74) is 3.00. The lowest BCUT2D eigenvalue weighted by atomic mass is 10.1. The minimum atomic E-state index is -3.52. The molecule has 0 atom stereocenters. The van der Waals surface area contributed by atoms with Crippen molar-refractivity contribution < 1.29 is 12.9 Å². The Hall–Kier alpha value is -2.44. The third-order valence-electron chi connectivity index (χ3n) is 3.05. The second-order valence-corrected chi connectivity index (χ2v) is 6.61. The molecule has 3 aromatic rings. The molecule has 0 unspecified atom stereocenters. The molecule has 3 rings (SSSR count). The first kappa shape index (κ1) is 16.9. The fourth-order valence-electron chi connectivity index (χ4n) is 1.84. The van der Waals surface area contributed by atoms with Gasteiger partial charge in [-0.3, -0.25) is 0 Å². The number of aryl methyl sites for hydroxylation is 2. The summed E-state index contributed by atoms with van der Waals surface area (Å²) in [6.07, 6.45) is 0. The maximum Gasteiger partial charge on any atom is 0.238 e. The van der Waals surface area contributed by atoms with Crippen LogP contribution in [0.4, 0.5) is 0 Å². The molecule has 120 valence electrons. The molecule has 0 radical (unpaired) electrons. The van der Waals surface area contributed by atoms with Crippen molar-refractivity contribution in [3.8, 4) is 11.3 Å². The maximum absolute atomic E-state index is 10.7. The Morgan fingerprint density at radius 2 is 1.57 bits per heavy atom. The lowest BCUT2D eigenvalue weighted by Gasteiger charge is -1.96. The molecule has 0 spiro atoms. The van der Waals surface area contributed by atoms with Gasteiger partial charge in [-0.15, -0.1) is 0 Å². The van der Waals surface area contributed by atoms with Crippen LogP contribution in [0.25, 0.3) is 11.3 Å². The van der Waals surface area contributed by atoms with Crippen LogP contribution in [0, 0.1) is 13.8 Å². The SMILES string of the molecule is Cc1cc(-c2ccccc2)no1.Cc1ccc(S(N)(=O)=O)cc1. The zero-order valence-corrected chi connectivity index (χ0v) is 13.7. The topological polar surface area (TPSA) is 86.2 Å². The zero-order chi connectivity index (χ0) is 16.9. The molecule has 0 aliphatic carbocycles. The number of nitrogens with two attached hydrogens (primary N) is 1. The number of sulfonamides is 1. The second-order valence-electron chi connectivity index (χ2n) is 5.05. The molecule has 1 heterocycles. The highest BCUT2D eigenvalue weighted by atomic mass is 32.2. The molecule has 1 aromatic heterocycles. The highest BCUT2D eigenvalue weighted by Gasteiger charge is 2.04. The van der Waals surface area contributed by atoms with Gasteiger partial charge in [0.1, 0.15) is 11.5 Å². The molecule has 0 aliphatic heterocycles. The summed E-state index contributed by atoms with van der Waals surface area (Å²) in [4.78, 5) is 0.156. The van der Waals surface area contributed by atoms with Crippen molar-refractivity contribution >= 4 is 10.0 Å². The lowest BCUT2D eigenvalue weighted by molar-refractivity contribution is 0.399. The van der Waals surface area contributed by atoms with Crippen LogP contribution in [0.2, 0.25) is 0 Å². The molecule has 6 heteroatoms. The number of primary sulfonamides is 1. The van der Waals surface area contributed by atoms with Crippen LogP contribution in [0.1, 0.15) is 11.3 Å². The van der Waals surface area contributed by atoms with Crippen molar-refractivity contribution in [2.75, 3.05) is 0 Å². The van der Waals surface area contributed by atoms with Gasteiger partial charge in [0.15, 0.2) is 0 Å². The summed E-state index contributed by atoms with van der Waals surface area (Å²) < 4.78 is 26.4. The van der Waals surface area contributed by atoms with Gasteiger partial charge in [0.05, 0.1) is 4.90 Å². The van der Waals surface area contributed by atoms with E-state index in [1.807, 2.05) is 50.2 Å². The number of aromatic nitrogens is 1. The van der Waals surface area contributed by atoms with Crippen LogP contribution in [-0.4, -0.2) is 13.6 Å². The Kier molecular flexibility index (Phi) is 5.31. The number of benzene rings is 2. The van der Waals surface area contributed by atoms with E-state index in [1.165, 1.54) is 12.1 Å². The van der Waals surface area contributed by atoms with E-state index in [0.717, 1.165) is 22.6 Å². The van der Waals surface area contributed by atoms with Gasteiger partial charge in [-0.05, 0) is 26.0 Å². The van der Waals surface area contributed by atoms with Crippen molar-refractivity contribution in [1.29, 1.82) is 0 Å². The summed E-state index contributed by atoms with van der Waals surface area (Å²) in [6, 6.07) is 18.3. The van der Waals surface area contributed by atoms with Gasteiger partial charge in [-0.2, -0.15) is 0 Å². The van der Waals surface area contributed by atoms with Gasteiger partial charge in [0.25, 0.3) is 0 Å². The van der Waals surface area contributed by atoms with E-state index in [2.05, 4.69) is 5.16 Å². The zero-order valence-electron chi connectivity index (χ0n) is 12.9. The Balaban J connectivity index is 0.000000168. The number of rotatable bonds is 2. The molecular weight excluding hydrogens is 312 g/mol. The van der Waals surface area contributed by atoms with Gasteiger partial charge in [-0.1, -0.05) is 53.2 Å². The third kappa shape index (κ3) is 5.05. The summed E-state index contributed by atoms with van der Waals surface area (Å²) >= 11 is 0. The smallest absolute Gasteiger partial charge is 0.238 e. The van der Waals surface area contributed by atoms with E-state index in [-0.39, 0.29) is 4.90 Å². The Labute approximate surface area is 135 Å².